The molecule has 12 rings (SSSR count). The standard InChI is InChI=1S/C24H23N5O3.C19H15N5O.C11H17NO4/c1-23(2,3)31-22(30)29-13-11-17-14-24(17,29)21-27-20(28-32-21)19-10-8-16(15-26-19)7-9-18-6-4-5-12-25-18;1-2-9-20-15(3-1)6-4-13-5-7-16(21-12-13)17-23-18(25-24-17)19-11-14(19)8-10-22-19;1-10(2,3)16-9(15)12-5-4-7-6-11(7,12)8(13)14/h4-6,8,10,12,15,17H,11,13-14H2,1-3H3;1-3,5,7,9,12,14,22H,8,10-11H2;7H,4-6H2,1-3H3,(H,13,14)/t17-,24+;14-,19+;7-,11+/m111/s1. The molecule has 3 aliphatic heterocycles. The minimum absolute atomic E-state index is 0.0701. The number of rotatable bonds is 5. The van der Waals surface area contributed by atoms with Crippen molar-refractivity contribution in [2.75, 3.05) is 19.6 Å². The van der Waals surface area contributed by atoms with Crippen molar-refractivity contribution in [3.63, 3.8) is 0 Å². The monoisotopic (exact) mass is 985 g/mol. The third-order valence-corrected chi connectivity index (χ3v) is 13.7. The van der Waals surface area contributed by atoms with E-state index in [0.29, 0.717) is 71.9 Å². The molecule has 374 valence electrons. The number of likely N-dealkylation sites (tertiary alicyclic amines) is 2. The number of carboxylic acid groups (broad SMARTS) is 1. The molecule has 0 unspecified atom stereocenters. The topological polar surface area (TPSA) is 238 Å². The number of carbonyl (C=O) groups excluding carboxylic acids is 2. The van der Waals surface area contributed by atoms with Gasteiger partial charge in [0, 0.05) is 49.0 Å². The van der Waals surface area contributed by atoms with Gasteiger partial charge in [-0.05, 0) is 165 Å². The first-order valence-electron chi connectivity index (χ1n) is 24.4. The summed E-state index contributed by atoms with van der Waals surface area (Å²) in [7, 11) is 0. The van der Waals surface area contributed by atoms with Gasteiger partial charge in [0.1, 0.15) is 50.6 Å². The molecule has 0 radical (unpaired) electrons. The van der Waals surface area contributed by atoms with Gasteiger partial charge in [-0.2, -0.15) is 9.97 Å². The van der Waals surface area contributed by atoms with E-state index in [2.05, 4.69) is 69.2 Å². The van der Waals surface area contributed by atoms with Crippen LogP contribution < -0.4 is 5.32 Å². The molecule has 0 spiro atoms. The van der Waals surface area contributed by atoms with Crippen LogP contribution in [0.1, 0.15) is 114 Å². The van der Waals surface area contributed by atoms with Crippen LogP contribution in [0.5, 0.6) is 0 Å². The van der Waals surface area contributed by atoms with E-state index >= 15 is 0 Å². The molecule has 3 aliphatic carbocycles. The fraction of sp³-hybridized carbons (Fsp3) is 0.426. The number of ether oxygens (including phenoxy) is 2. The van der Waals surface area contributed by atoms with Gasteiger partial charge >= 0.3 is 18.2 Å². The molecule has 2 amide bonds. The number of hydrogen-bond donors (Lipinski definition) is 2. The number of pyridine rings is 4. The Kier molecular flexibility index (Phi) is 12.6. The van der Waals surface area contributed by atoms with Crippen LogP contribution in [0.3, 0.4) is 0 Å². The molecular formula is C54H55N11O8. The van der Waals surface area contributed by atoms with Gasteiger partial charge in [-0.15, -0.1) is 0 Å². The molecule has 19 nitrogen and oxygen atoms in total. The summed E-state index contributed by atoms with van der Waals surface area (Å²) in [5, 5.41) is 20.9. The number of carbonyl (C=O) groups is 3. The fourth-order valence-corrected chi connectivity index (χ4v) is 9.90. The first-order chi connectivity index (χ1) is 35.0. The van der Waals surface area contributed by atoms with E-state index in [9.17, 15) is 19.5 Å². The lowest BCUT2D eigenvalue weighted by Gasteiger charge is -2.29. The smallest absolute Gasteiger partial charge is 0.411 e. The highest BCUT2D eigenvalue weighted by molar-refractivity contribution is 5.89. The fourth-order valence-electron chi connectivity index (χ4n) is 9.90. The van der Waals surface area contributed by atoms with Gasteiger partial charge in [-0.25, -0.2) is 24.4 Å². The average molecular weight is 986 g/mol. The van der Waals surface area contributed by atoms with Crippen molar-refractivity contribution in [2.45, 2.75) is 108 Å². The molecule has 3 saturated carbocycles. The largest absolute Gasteiger partial charge is 0.479 e. The summed E-state index contributed by atoms with van der Waals surface area (Å²) in [6.07, 6.45) is 11.3. The molecule has 0 aromatic carbocycles. The highest BCUT2D eigenvalue weighted by atomic mass is 16.6. The van der Waals surface area contributed by atoms with Crippen molar-refractivity contribution in [3.05, 3.63) is 120 Å². The number of aliphatic carboxylic acids is 1. The highest BCUT2D eigenvalue weighted by Crippen LogP contribution is 2.62. The van der Waals surface area contributed by atoms with Crippen molar-refractivity contribution in [1.82, 2.24) is 55.3 Å². The van der Waals surface area contributed by atoms with Crippen LogP contribution in [0, 0.1) is 41.4 Å². The van der Waals surface area contributed by atoms with Crippen LogP contribution in [0.25, 0.3) is 23.0 Å². The van der Waals surface area contributed by atoms with Gasteiger partial charge in [0.15, 0.2) is 0 Å². The van der Waals surface area contributed by atoms with Crippen molar-refractivity contribution >= 4 is 18.2 Å². The van der Waals surface area contributed by atoms with Crippen LogP contribution in [0.15, 0.2) is 94.5 Å². The Hall–Kier alpha value is -8.03. The maximum Gasteiger partial charge on any atom is 0.411 e. The Morgan fingerprint density at radius 3 is 1.66 bits per heavy atom. The maximum atomic E-state index is 12.7. The van der Waals surface area contributed by atoms with Gasteiger partial charge in [0.2, 0.25) is 17.5 Å². The molecule has 6 aromatic rings. The van der Waals surface area contributed by atoms with E-state index in [1.54, 1.807) is 56.5 Å². The molecule has 6 fully saturated rings. The molecule has 6 aromatic heterocycles. The number of nitrogens with one attached hydrogen (secondary N) is 1. The number of aromatic nitrogens is 8. The van der Waals surface area contributed by atoms with E-state index < -0.39 is 34.3 Å². The second kappa shape index (κ2) is 18.9. The molecule has 0 bridgehead atoms. The maximum absolute atomic E-state index is 12.7. The van der Waals surface area contributed by atoms with Gasteiger partial charge in [-0.1, -0.05) is 34.3 Å². The predicted octanol–water partition coefficient (Wildman–Crippen LogP) is 7.39. The third kappa shape index (κ3) is 10.1. The average Bonchev–Trinajstić information content (AvgIpc) is 4.09. The second-order valence-corrected chi connectivity index (χ2v) is 21.0. The molecule has 19 heteroatoms. The summed E-state index contributed by atoms with van der Waals surface area (Å²) in [5.41, 5.74) is 1.56. The lowest BCUT2D eigenvalue weighted by Crippen LogP contribution is -2.47. The summed E-state index contributed by atoms with van der Waals surface area (Å²) >= 11 is 0. The zero-order valence-electron chi connectivity index (χ0n) is 41.5. The van der Waals surface area contributed by atoms with Crippen molar-refractivity contribution < 1.29 is 38.0 Å². The third-order valence-electron chi connectivity index (χ3n) is 13.7. The number of amides is 2. The quantitative estimate of drug-likeness (QED) is 0.160. The number of nitrogens with zero attached hydrogens (tertiary/aromatic N) is 10. The first-order valence-corrected chi connectivity index (χ1v) is 24.4. The minimum atomic E-state index is -0.956. The van der Waals surface area contributed by atoms with Crippen molar-refractivity contribution in [3.8, 4) is 46.7 Å². The highest BCUT2D eigenvalue weighted by Gasteiger charge is 2.70. The molecular weight excluding hydrogens is 931 g/mol. The predicted molar refractivity (Wildman–Crippen MR) is 261 cm³/mol. The Morgan fingerprint density at radius 1 is 0.644 bits per heavy atom. The van der Waals surface area contributed by atoms with E-state index in [-0.39, 0.29) is 17.6 Å². The number of fused-ring (bicyclic) bond motifs is 3. The Labute approximate surface area is 421 Å². The van der Waals surface area contributed by atoms with E-state index in [0.717, 1.165) is 49.0 Å². The zero-order valence-corrected chi connectivity index (χ0v) is 41.5. The molecule has 9 heterocycles. The van der Waals surface area contributed by atoms with E-state index in [1.165, 1.54) is 11.3 Å². The number of hydrogen-bond acceptors (Lipinski definition) is 16. The first kappa shape index (κ1) is 48.6. The van der Waals surface area contributed by atoms with Crippen LogP contribution in [-0.4, -0.2) is 110 Å². The molecule has 6 aliphatic rings. The van der Waals surface area contributed by atoms with Gasteiger partial charge in [0.05, 0.1) is 0 Å². The Bertz CT molecular complexity index is 3150. The van der Waals surface area contributed by atoms with Crippen LogP contribution >= 0.6 is 0 Å². The minimum Gasteiger partial charge on any atom is -0.479 e. The van der Waals surface area contributed by atoms with Gasteiger partial charge < -0.3 is 28.9 Å². The lowest BCUT2D eigenvalue weighted by molar-refractivity contribution is -0.144. The summed E-state index contributed by atoms with van der Waals surface area (Å²) in [4.78, 5) is 65.2. The summed E-state index contributed by atoms with van der Waals surface area (Å²) in [6.45, 7) is 13.0. The van der Waals surface area contributed by atoms with E-state index in [1.807, 2.05) is 75.4 Å². The second-order valence-electron chi connectivity index (χ2n) is 21.0. The Morgan fingerprint density at radius 2 is 1.19 bits per heavy atom. The molecule has 73 heavy (non-hydrogen) atoms. The zero-order chi connectivity index (χ0) is 51.2. The summed E-state index contributed by atoms with van der Waals surface area (Å²) in [5.74, 6) is 14.3. The molecule has 3 saturated heterocycles. The lowest BCUT2D eigenvalue weighted by atomic mass is 10.2. The van der Waals surface area contributed by atoms with Crippen molar-refractivity contribution in [1.29, 1.82) is 0 Å². The van der Waals surface area contributed by atoms with Crippen molar-refractivity contribution in [2.24, 2.45) is 17.8 Å². The number of piperidine rings is 3. The van der Waals surface area contributed by atoms with Crippen LogP contribution in [0.4, 0.5) is 9.59 Å². The van der Waals surface area contributed by atoms with Crippen LogP contribution in [-0.2, 0) is 25.3 Å². The Balaban J connectivity index is 0.000000133. The van der Waals surface area contributed by atoms with Crippen LogP contribution in [0.2, 0.25) is 0 Å². The van der Waals surface area contributed by atoms with Gasteiger partial charge in [-0.3, -0.25) is 19.8 Å². The summed E-state index contributed by atoms with van der Waals surface area (Å²) in [6, 6.07) is 18.7. The summed E-state index contributed by atoms with van der Waals surface area (Å²) < 4.78 is 21.9. The number of carboxylic acids is 1. The SMILES string of the molecule is C(#Cc1ccccn1)c1ccc(-c2noc([C@]34C[C@H]3CCN4)n2)nc1.CC(C)(C)OC(=O)N1CC[C@@H]2C[C@@]21C(=O)O.CC(C)(C)OC(=O)N1CC[C@@H]2C[C@@]21c1nc(-c2ccc(C#Cc3ccccn3)cn2)no1. The normalized spacial score (nSPS) is 24.5. The molecule has 2 N–H and O–H groups in total. The van der Waals surface area contributed by atoms with E-state index in [4.69, 9.17) is 18.5 Å². The van der Waals surface area contributed by atoms with Gasteiger partial charge in [0.25, 0.3) is 5.89 Å². The molecule has 6 atom stereocenters.